The van der Waals surface area contributed by atoms with Gasteiger partial charge < -0.3 is 10.6 Å². The van der Waals surface area contributed by atoms with Crippen LogP contribution in [0.3, 0.4) is 0 Å². The van der Waals surface area contributed by atoms with E-state index in [-0.39, 0.29) is 11.3 Å². The number of aromatic nitrogens is 3. The minimum Gasteiger partial charge on any atom is -0.321 e. The van der Waals surface area contributed by atoms with E-state index >= 15 is 0 Å². The van der Waals surface area contributed by atoms with E-state index in [9.17, 15) is 22.8 Å². The van der Waals surface area contributed by atoms with Gasteiger partial charge in [-0.25, -0.2) is 9.97 Å². The third kappa shape index (κ3) is 4.92. The highest BCUT2D eigenvalue weighted by molar-refractivity contribution is 6.07. The van der Waals surface area contributed by atoms with Crippen molar-refractivity contribution in [2.24, 2.45) is 0 Å². The second-order valence-electron chi connectivity index (χ2n) is 5.94. The predicted molar refractivity (Wildman–Crippen MR) is 98.4 cm³/mol. The number of hydrogen-bond acceptors (Lipinski definition) is 5. The van der Waals surface area contributed by atoms with Gasteiger partial charge in [-0.15, -0.1) is 0 Å². The van der Waals surface area contributed by atoms with Crippen molar-refractivity contribution in [3.8, 4) is 0 Å². The van der Waals surface area contributed by atoms with Gasteiger partial charge in [-0.3, -0.25) is 14.6 Å². The number of aryl methyl sites for hydroxylation is 1. The zero-order valence-corrected chi connectivity index (χ0v) is 15.0. The van der Waals surface area contributed by atoms with Crippen LogP contribution in [0.5, 0.6) is 0 Å². The van der Waals surface area contributed by atoms with Gasteiger partial charge in [0.1, 0.15) is 5.69 Å². The van der Waals surface area contributed by atoms with Crippen molar-refractivity contribution in [1.82, 2.24) is 15.0 Å². The maximum absolute atomic E-state index is 12.7. The Morgan fingerprint density at radius 2 is 1.72 bits per heavy atom. The van der Waals surface area contributed by atoms with Gasteiger partial charge in [0.25, 0.3) is 11.8 Å². The summed E-state index contributed by atoms with van der Waals surface area (Å²) in [6.45, 7) is 1.71. The van der Waals surface area contributed by atoms with E-state index in [1.165, 1.54) is 18.3 Å². The maximum Gasteiger partial charge on any atom is 0.451 e. The molecule has 0 bridgehead atoms. The number of amides is 2. The lowest BCUT2D eigenvalue weighted by molar-refractivity contribution is -0.145. The van der Waals surface area contributed by atoms with Crippen molar-refractivity contribution in [3.05, 3.63) is 77.6 Å². The molecule has 2 heterocycles. The quantitative estimate of drug-likeness (QED) is 0.695. The van der Waals surface area contributed by atoms with Crippen LogP contribution in [-0.2, 0) is 6.18 Å². The molecule has 3 rings (SSSR count). The first kappa shape index (κ1) is 19.9. The summed E-state index contributed by atoms with van der Waals surface area (Å²) in [6.07, 6.45) is -0.870. The number of anilines is 2. The van der Waals surface area contributed by atoms with Crippen molar-refractivity contribution >= 4 is 23.2 Å². The summed E-state index contributed by atoms with van der Waals surface area (Å²) in [6, 6.07) is 8.95. The summed E-state index contributed by atoms with van der Waals surface area (Å²) in [5.41, 5.74) is 1.20. The lowest BCUT2D eigenvalue weighted by Crippen LogP contribution is -2.19. The molecule has 10 heteroatoms. The zero-order valence-electron chi connectivity index (χ0n) is 15.0. The molecule has 148 valence electrons. The molecular formula is C19H14F3N5O2. The molecule has 0 aliphatic rings. The molecule has 0 atom stereocenters. The van der Waals surface area contributed by atoms with Crippen LogP contribution in [0.25, 0.3) is 0 Å². The van der Waals surface area contributed by atoms with Crippen molar-refractivity contribution in [1.29, 1.82) is 0 Å². The average molecular weight is 401 g/mol. The van der Waals surface area contributed by atoms with Gasteiger partial charge in [0.2, 0.25) is 5.82 Å². The number of benzene rings is 1. The lowest BCUT2D eigenvalue weighted by Gasteiger charge is -2.11. The molecular weight excluding hydrogens is 387 g/mol. The van der Waals surface area contributed by atoms with Gasteiger partial charge in [0.15, 0.2) is 0 Å². The minimum atomic E-state index is -4.77. The van der Waals surface area contributed by atoms with Crippen LogP contribution in [0.1, 0.15) is 32.2 Å². The summed E-state index contributed by atoms with van der Waals surface area (Å²) < 4.78 is 38.2. The Morgan fingerprint density at radius 3 is 2.41 bits per heavy atom. The Balaban J connectivity index is 1.79. The minimum absolute atomic E-state index is 0.226. The van der Waals surface area contributed by atoms with Gasteiger partial charge in [-0.05, 0) is 42.8 Å². The molecule has 3 aromatic rings. The number of hydrogen-bond donors (Lipinski definition) is 2. The molecule has 29 heavy (non-hydrogen) atoms. The number of carbonyl (C=O) groups excluding carboxylic acids is 2. The number of pyridine rings is 1. The molecule has 1 aromatic carbocycles. The summed E-state index contributed by atoms with van der Waals surface area (Å²) in [5.74, 6) is -2.70. The van der Waals surface area contributed by atoms with Crippen molar-refractivity contribution < 1.29 is 22.8 Å². The molecule has 0 spiro atoms. The van der Waals surface area contributed by atoms with Crippen molar-refractivity contribution in [2.45, 2.75) is 13.1 Å². The Hall–Kier alpha value is -3.82. The summed E-state index contributed by atoms with van der Waals surface area (Å²) in [5, 5.41) is 5.11. The van der Waals surface area contributed by atoms with E-state index < -0.39 is 29.5 Å². The molecule has 7 nitrogen and oxygen atoms in total. The van der Waals surface area contributed by atoms with Crippen LogP contribution in [0.15, 0.2) is 55.0 Å². The second-order valence-corrected chi connectivity index (χ2v) is 5.94. The highest BCUT2D eigenvalue weighted by atomic mass is 19.4. The Labute approximate surface area is 163 Å². The van der Waals surface area contributed by atoms with E-state index in [0.717, 1.165) is 12.3 Å². The fourth-order valence-corrected chi connectivity index (χ4v) is 2.40. The molecule has 0 aliphatic carbocycles. The van der Waals surface area contributed by atoms with Crippen molar-refractivity contribution in [2.75, 3.05) is 10.6 Å². The smallest absolute Gasteiger partial charge is 0.321 e. The Morgan fingerprint density at radius 1 is 0.966 bits per heavy atom. The summed E-state index contributed by atoms with van der Waals surface area (Å²) >= 11 is 0. The van der Waals surface area contributed by atoms with Gasteiger partial charge in [-0.2, -0.15) is 13.2 Å². The molecule has 2 amide bonds. The lowest BCUT2D eigenvalue weighted by atomic mass is 10.1. The number of rotatable bonds is 4. The van der Waals surface area contributed by atoms with Crippen LogP contribution >= 0.6 is 0 Å². The van der Waals surface area contributed by atoms with E-state index in [0.29, 0.717) is 11.3 Å². The molecule has 0 fully saturated rings. The molecule has 2 aromatic heterocycles. The van der Waals surface area contributed by atoms with Crippen LogP contribution < -0.4 is 10.6 Å². The highest BCUT2D eigenvalue weighted by Gasteiger charge is 2.35. The summed E-state index contributed by atoms with van der Waals surface area (Å²) in [7, 11) is 0. The fourth-order valence-electron chi connectivity index (χ4n) is 2.40. The Bertz CT molecular complexity index is 1060. The number of halogens is 3. The Kier molecular flexibility index (Phi) is 5.53. The van der Waals surface area contributed by atoms with Crippen LogP contribution in [-0.4, -0.2) is 26.8 Å². The van der Waals surface area contributed by atoms with Gasteiger partial charge in [0, 0.05) is 23.6 Å². The topological polar surface area (TPSA) is 96.9 Å². The fraction of sp³-hybridized carbons (Fsp3) is 0.105. The molecule has 0 radical (unpaired) electrons. The zero-order chi connectivity index (χ0) is 21.0. The molecule has 0 unspecified atom stereocenters. The van der Waals surface area contributed by atoms with Gasteiger partial charge in [-0.1, -0.05) is 6.07 Å². The number of nitrogens with zero attached hydrogens (tertiary/aromatic N) is 3. The van der Waals surface area contributed by atoms with Gasteiger partial charge >= 0.3 is 6.18 Å². The largest absolute Gasteiger partial charge is 0.451 e. The molecule has 0 aliphatic heterocycles. The number of carbonyl (C=O) groups is 2. The first-order chi connectivity index (χ1) is 13.7. The highest BCUT2D eigenvalue weighted by Crippen LogP contribution is 2.25. The number of nitrogens with one attached hydrogen (secondary N) is 2. The van der Waals surface area contributed by atoms with Crippen molar-refractivity contribution in [3.63, 3.8) is 0 Å². The van der Waals surface area contributed by atoms with Crippen LogP contribution in [0.4, 0.5) is 24.5 Å². The first-order valence-electron chi connectivity index (χ1n) is 8.27. The molecule has 0 saturated heterocycles. The summed E-state index contributed by atoms with van der Waals surface area (Å²) in [4.78, 5) is 35.0. The third-order valence-electron chi connectivity index (χ3n) is 3.80. The monoisotopic (exact) mass is 401 g/mol. The van der Waals surface area contributed by atoms with Crippen LogP contribution in [0.2, 0.25) is 0 Å². The maximum atomic E-state index is 12.7. The third-order valence-corrected chi connectivity index (χ3v) is 3.80. The van der Waals surface area contributed by atoms with E-state index in [1.807, 2.05) is 0 Å². The van der Waals surface area contributed by atoms with Crippen LogP contribution in [0, 0.1) is 6.92 Å². The van der Waals surface area contributed by atoms with E-state index in [1.54, 1.807) is 31.3 Å². The first-order valence-corrected chi connectivity index (χ1v) is 8.27. The van der Waals surface area contributed by atoms with E-state index in [2.05, 4.69) is 25.6 Å². The normalized spacial score (nSPS) is 11.0. The SMILES string of the molecule is Cc1ccc(NC(=O)c2ccnc(C(F)(F)F)n2)cc1C(=O)Nc1cccnc1. The average Bonchev–Trinajstić information content (AvgIpc) is 2.69. The number of alkyl halides is 3. The second kappa shape index (κ2) is 8.05. The molecule has 0 saturated carbocycles. The predicted octanol–water partition coefficient (Wildman–Crippen LogP) is 3.70. The van der Waals surface area contributed by atoms with E-state index in [4.69, 9.17) is 0 Å². The standard InChI is InChI=1S/C19H14F3N5O2/c1-11-4-5-12(9-14(11)16(28)26-13-3-2-7-23-10-13)25-17(29)15-6-8-24-18(27-15)19(20,21)22/h2-10H,1H3,(H,25,29)(H,26,28). The van der Waals surface area contributed by atoms with Gasteiger partial charge in [0.05, 0.1) is 11.9 Å². The molecule has 2 N–H and O–H groups in total.